The Bertz CT molecular complexity index is 776. The average molecular weight is 305 g/mol. The fourth-order valence-electron chi connectivity index (χ4n) is 3.00. The highest BCUT2D eigenvalue weighted by Crippen LogP contribution is 2.24. The molecule has 0 unspecified atom stereocenters. The summed E-state index contributed by atoms with van der Waals surface area (Å²) in [5, 5.41) is 6.26. The zero-order valence-electron chi connectivity index (χ0n) is 13.8. The first-order valence-electron chi connectivity index (χ1n) is 8.12. The van der Waals surface area contributed by atoms with Crippen molar-refractivity contribution in [3.8, 4) is 5.75 Å². The lowest BCUT2D eigenvalue weighted by atomic mass is 9.99. The summed E-state index contributed by atoms with van der Waals surface area (Å²) in [4.78, 5) is 0. The summed E-state index contributed by atoms with van der Waals surface area (Å²) >= 11 is 0. The van der Waals surface area contributed by atoms with E-state index in [4.69, 9.17) is 4.74 Å². The van der Waals surface area contributed by atoms with E-state index in [-0.39, 0.29) is 0 Å². The second kappa shape index (κ2) is 7.30. The maximum absolute atomic E-state index is 5.28. The molecule has 0 amide bonds. The minimum Gasteiger partial charge on any atom is -0.497 e. The summed E-state index contributed by atoms with van der Waals surface area (Å²) in [5.41, 5.74) is 2.65. The molecule has 3 aromatic rings. The molecule has 118 valence electrons. The molecule has 0 saturated heterocycles. The van der Waals surface area contributed by atoms with Gasteiger partial charge in [0.05, 0.1) is 7.11 Å². The molecule has 2 nitrogen and oxygen atoms in total. The average Bonchev–Trinajstić information content (AvgIpc) is 2.61. The number of ether oxygens (including phenoxy) is 1. The number of methoxy groups -OCH3 is 1. The highest BCUT2D eigenvalue weighted by Gasteiger charge is 2.08. The molecule has 0 heterocycles. The molecule has 0 radical (unpaired) electrons. The zero-order valence-corrected chi connectivity index (χ0v) is 13.8. The summed E-state index contributed by atoms with van der Waals surface area (Å²) in [6, 6.07) is 23.7. The van der Waals surface area contributed by atoms with E-state index in [9.17, 15) is 0 Å². The number of hydrogen-bond donors (Lipinski definition) is 1. The predicted molar refractivity (Wildman–Crippen MR) is 97.1 cm³/mol. The molecule has 3 aromatic carbocycles. The molecule has 0 saturated carbocycles. The van der Waals surface area contributed by atoms with Gasteiger partial charge in [0.25, 0.3) is 0 Å². The van der Waals surface area contributed by atoms with Crippen LogP contribution in [0.5, 0.6) is 5.75 Å². The number of hydrogen-bond acceptors (Lipinski definition) is 2. The van der Waals surface area contributed by atoms with E-state index in [2.05, 4.69) is 66.8 Å². The van der Waals surface area contributed by atoms with Crippen LogP contribution in [0.4, 0.5) is 0 Å². The van der Waals surface area contributed by atoms with E-state index in [1.807, 2.05) is 12.1 Å². The molecule has 0 aliphatic heterocycles. The number of rotatable bonds is 6. The van der Waals surface area contributed by atoms with Gasteiger partial charge >= 0.3 is 0 Å². The van der Waals surface area contributed by atoms with Crippen LogP contribution in [0.1, 0.15) is 24.1 Å². The van der Waals surface area contributed by atoms with Gasteiger partial charge in [-0.15, -0.1) is 0 Å². The van der Waals surface area contributed by atoms with Crippen LogP contribution in [0.25, 0.3) is 10.8 Å². The SMILES string of the molecule is COc1cccc(CCN[C@@H](C)c2cccc3ccccc23)c1. The summed E-state index contributed by atoms with van der Waals surface area (Å²) < 4.78 is 5.28. The molecule has 0 fully saturated rings. The van der Waals surface area contributed by atoms with Gasteiger partial charge < -0.3 is 10.1 Å². The maximum Gasteiger partial charge on any atom is 0.119 e. The van der Waals surface area contributed by atoms with E-state index in [0.717, 1.165) is 18.7 Å². The number of nitrogens with one attached hydrogen (secondary N) is 1. The van der Waals surface area contributed by atoms with Crippen LogP contribution in [0, 0.1) is 0 Å². The first-order valence-corrected chi connectivity index (χ1v) is 8.12. The molecule has 0 bridgehead atoms. The molecule has 3 rings (SSSR count). The Morgan fingerprint density at radius 1 is 0.957 bits per heavy atom. The van der Waals surface area contributed by atoms with Gasteiger partial charge in [0.15, 0.2) is 0 Å². The maximum atomic E-state index is 5.28. The lowest BCUT2D eigenvalue weighted by Gasteiger charge is -2.17. The molecular formula is C21H23NO. The van der Waals surface area contributed by atoms with E-state index in [1.165, 1.54) is 21.9 Å². The number of fused-ring (bicyclic) bond motifs is 1. The minimum absolute atomic E-state index is 0.326. The lowest BCUT2D eigenvalue weighted by Crippen LogP contribution is -2.21. The minimum atomic E-state index is 0.326. The van der Waals surface area contributed by atoms with Gasteiger partial charge in [0, 0.05) is 6.04 Å². The summed E-state index contributed by atoms with van der Waals surface area (Å²) in [5.74, 6) is 0.921. The van der Waals surface area contributed by atoms with Crippen LogP contribution >= 0.6 is 0 Å². The molecular weight excluding hydrogens is 282 g/mol. The van der Waals surface area contributed by atoms with Gasteiger partial charge in [-0.05, 0) is 53.9 Å². The molecule has 23 heavy (non-hydrogen) atoms. The quantitative estimate of drug-likeness (QED) is 0.710. The highest BCUT2D eigenvalue weighted by molar-refractivity contribution is 5.86. The zero-order chi connectivity index (χ0) is 16.1. The fourth-order valence-corrected chi connectivity index (χ4v) is 3.00. The molecule has 0 aromatic heterocycles. The van der Waals surface area contributed by atoms with Gasteiger partial charge in [0.1, 0.15) is 5.75 Å². The monoisotopic (exact) mass is 305 g/mol. The Morgan fingerprint density at radius 3 is 2.61 bits per heavy atom. The first-order chi connectivity index (χ1) is 11.3. The Kier molecular flexibility index (Phi) is 4.94. The smallest absolute Gasteiger partial charge is 0.119 e. The van der Waals surface area contributed by atoms with E-state index >= 15 is 0 Å². The Hall–Kier alpha value is -2.32. The second-order valence-corrected chi connectivity index (χ2v) is 5.85. The third kappa shape index (κ3) is 3.72. The predicted octanol–water partition coefficient (Wildman–Crippen LogP) is 4.74. The highest BCUT2D eigenvalue weighted by atomic mass is 16.5. The van der Waals surface area contributed by atoms with Crippen molar-refractivity contribution >= 4 is 10.8 Å². The van der Waals surface area contributed by atoms with Crippen molar-refractivity contribution in [2.24, 2.45) is 0 Å². The van der Waals surface area contributed by atoms with Crippen molar-refractivity contribution in [1.82, 2.24) is 5.32 Å². The standard InChI is InChI=1S/C21H23NO/c1-16(20-12-6-9-18-8-3-4-11-21(18)20)22-14-13-17-7-5-10-19(15-17)23-2/h3-12,15-16,22H,13-14H2,1-2H3/t16-/m0/s1. The first kappa shape index (κ1) is 15.6. The Labute approximate surface area is 138 Å². The summed E-state index contributed by atoms with van der Waals surface area (Å²) in [7, 11) is 1.71. The molecule has 0 spiro atoms. The van der Waals surface area contributed by atoms with Crippen molar-refractivity contribution in [3.63, 3.8) is 0 Å². The van der Waals surface area contributed by atoms with Crippen LogP contribution in [-0.4, -0.2) is 13.7 Å². The van der Waals surface area contributed by atoms with Crippen molar-refractivity contribution in [1.29, 1.82) is 0 Å². The van der Waals surface area contributed by atoms with Crippen LogP contribution in [-0.2, 0) is 6.42 Å². The van der Waals surface area contributed by atoms with Crippen LogP contribution in [0.2, 0.25) is 0 Å². The topological polar surface area (TPSA) is 21.3 Å². The van der Waals surface area contributed by atoms with Gasteiger partial charge in [-0.2, -0.15) is 0 Å². The molecule has 0 aliphatic carbocycles. The van der Waals surface area contributed by atoms with Gasteiger partial charge in [0.2, 0.25) is 0 Å². The fraction of sp³-hybridized carbons (Fsp3) is 0.238. The molecule has 2 heteroatoms. The van der Waals surface area contributed by atoms with Crippen molar-refractivity contribution < 1.29 is 4.74 Å². The van der Waals surface area contributed by atoms with E-state index in [0.29, 0.717) is 6.04 Å². The number of benzene rings is 3. The van der Waals surface area contributed by atoms with Gasteiger partial charge in [-0.3, -0.25) is 0 Å². The Balaban J connectivity index is 1.65. The van der Waals surface area contributed by atoms with Gasteiger partial charge in [-0.25, -0.2) is 0 Å². The second-order valence-electron chi connectivity index (χ2n) is 5.85. The van der Waals surface area contributed by atoms with E-state index < -0.39 is 0 Å². The van der Waals surface area contributed by atoms with E-state index in [1.54, 1.807) is 7.11 Å². The normalized spacial score (nSPS) is 12.3. The van der Waals surface area contributed by atoms with Crippen LogP contribution in [0.3, 0.4) is 0 Å². The van der Waals surface area contributed by atoms with Crippen LogP contribution < -0.4 is 10.1 Å². The molecule has 0 aliphatic rings. The third-order valence-electron chi connectivity index (χ3n) is 4.29. The molecule has 1 N–H and O–H groups in total. The van der Waals surface area contributed by atoms with Crippen molar-refractivity contribution in [3.05, 3.63) is 77.9 Å². The largest absolute Gasteiger partial charge is 0.497 e. The van der Waals surface area contributed by atoms with Crippen molar-refractivity contribution in [2.75, 3.05) is 13.7 Å². The summed E-state index contributed by atoms with van der Waals surface area (Å²) in [6.45, 7) is 3.17. The van der Waals surface area contributed by atoms with Crippen molar-refractivity contribution in [2.45, 2.75) is 19.4 Å². The lowest BCUT2D eigenvalue weighted by molar-refractivity contribution is 0.414. The third-order valence-corrected chi connectivity index (χ3v) is 4.29. The van der Waals surface area contributed by atoms with Gasteiger partial charge in [-0.1, -0.05) is 54.6 Å². The summed E-state index contributed by atoms with van der Waals surface area (Å²) in [6.07, 6.45) is 0.992. The molecule has 1 atom stereocenters. The van der Waals surface area contributed by atoms with Crippen LogP contribution in [0.15, 0.2) is 66.7 Å². The Morgan fingerprint density at radius 2 is 1.74 bits per heavy atom.